The molecule has 2 aromatic carbocycles. The highest BCUT2D eigenvalue weighted by molar-refractivity contribution is 6.35. The van der Waals surface area contributed by atoms with Crippen LogP contribution in [0.25, 0.3) is 0 Å². The van der Waals surface area contributed by atoms with E-state index in [1.165, 1.54) is 20.1 Å². The van der Waals surface area contributed by atoms with Crippen molar-refractivity contribution in [2.24, 2.45) is 0 Å². The highest BCUT2D eigenvalue weighted by Gasteiger charge is 2.14. The van der Waals surface area contributed by atoms with E-state index in [0.717, 1.165) is 6.07 Å². The van der Waals surface area contributed by atoms with Crippen LogP contribution in [0.4, 0.5) is 8.78 Å². The Morgan fingerprint density at radius 3 is 1.84 bits per heavy atom. The van der Waals surface area contributed by atoms with Crippen molar-refractivity contribution in [1.82, 2.24) is 0 Å². The Balaban J connectivity index is 0.000000251. The standard InChI is InChI=1S/C9H8ClFO2.C8H6ClFO2/c1-5-3-7(11)6(4-12)8(10)9(5)13-2;1-4-2-6(10)5(3-11)7(9)8(4)12/h3-4H,1-2H3;2-3,12H,1H3. The predicted molar refractivity (Wildman–Crippen MR) is 91.3 cm³/mol. The molecule has 0 saturated heterocycles. The van der Waals surface area contributed by atoms with Gasteiger partial charge in [0, 0.05) is 0 Å². The first-order valence-corrected chi connectivity index (χ1v) is 7.55. The van der Waals surface area contributed by atoms with E-state index in [9.17, 15) is 23.5 Å². The molecule has 0 heterocycles. The average Bonchev–Trinajstić information content (AvgIpc) is 2.54. The summed E-state index contributed by atoms with van der Waals surface area (Å²) in [5, 5.41) is 8.97. The molecule has 0 saturated carbocycles. The van der Waals surface area contributed by atoms with Gasteiger partial charge in [-0.2, -0.15) is 0 Å². The number of phenolic OH excluding ortho intramolecular Hbond substituents is 1. The van der Waals surface area contributed by atoms with Crippen molar-refractivity contribution >= 4 is 35.8 Å². The van der Waals surface area contributed by atoms with Gasteiger partial charge in [-0.05, 0) is 37.1 Å². The molecule has 0 radical (unpaired) electrons. The summed E-state index contributed by atoms with van der Waals surface area (Å²) in [7, 11) is 1.42. The number of hydrogen-bond donors (Lipinski definition) is 1. The predicted octanol–water partition coefficient (Wildman–Crippen LogP) is 4.91. The second-order valence-corrected chi connectivity index (χ2v) is 5.68. The van der Waals surface area contributed by atoms with Crippen LogP contribution in [-0.2, 0) is 0 Å². The molecule has 0 aliphatic rings. The Labute approximate surface area is 152 Å². The zero-order valence-corrected chi connectivity index (χ0v) is 15.0. The monoisotopic (exact) mass is 390 g/mol. The van der Waals surface area contributed by atoms with Crippen LogP contribution in [0.15, 0.2) is 12.1 Å². The number of rotatable bonds is 3. The zero-order chi connectivity index (χ0) is 19.3. The molecule has 2 rings (SSSR count). The van der Waals surface area contributed by atoms with Crippen molar-refractivity contribution < 1.29 is 28.2 Å². The minimum Gasteiger partial charge on any atom is -0.506 e. The van der Waals surface area contributed by atoms with E-state index >= 15 is 0 Å². The second-order valence-electron chi connectivity index (χ2n) is 4.92. The van der Waals surface area contributed by atoms with Gasteiger partial charge in [-0.1, -0.05) is 23.2 Å². The molecule has 0 unspecified atom stereocenters. The number of phenols is 1. The maximum Gasteiger partial charge on any atom is 0.154 e. The summed E-state index contributed by atoms with van der Waals surface area (Å²) >= 11 is 11.2. The van der Waals surface area contributed by atoms with Gasteiger partial charge >= 0.3 is 0 Å². The van der Waals surface area contributed by atoms with E-state index in [1.54, 1.807) is 6.92 Å². The van der Waals surface area contributed by atoms with Gasteiger partial charge < -0.3 is 9.84 Å². The summed E-state index contributed by atoms with van der Waals surface area (Å²) < 4.78 is 30.8. The maximum absolute atomic E-state index is 13.1. The Kier molecular flexibility index (Phi) is 7.33. The Morgan fingerprint density at radius 2 is 1.40 bits per heavy atom. The summed E-state index contributed by atoms with van der Waals surface area (Å²) in [6, 6.07) is 2.28. The van der Waals surface area contributed by atoms with E-state index in [-0.39, 0.29) is 33.2 Å². The van der Waals surface area contributed by atoms with Crippen LogP contribution in [-0.4, -0.2) is 24.8 Å². The number of aldehydes is 2. The van der Waals surface area contributed by atoms with Crippen LogP contribution in [0.5, 0.6) is 11.5 Å². The van der Waals surface area contributed by atoms with Crippen molar-refractivity contribution in [3.05, 3.63) is 56.1 Å². The van der Waals surface area contributed by atoms with Crippen LogP contribution in [0.1, 0.15) is 31.8 Å². The molecule has 25 heavy (non-hydrogen) atoms. The van der Waals surface area contributed by atoms with Crippen LogP contribution < -0.4 is 4.74 Å². The lowest BCUT2D eigenvalue weighted by atomic mass is 10.1. The van der Waals surface area contributed by atoms with Gasteiger partial charge in [0.2, 0.25) is 0 Å². The third-order valence-electron chi connectivity index (χ3n) is 3.25. The van der Waals surface area contributed by atoms with Gasteiger partial charge in [-0.3, -0.25) is 9.59 Å². The van der Waals surface area contributed by atoms with E-state index in [2.05, 4.69) is 0 Å². The molecule has 134 valence electrons. The molecule has 0 amide bonds. The first kappa shape index (κ1) is 20.9. The normalized spacial score (nSPS) is 9.88. The Hall–Kier alpha value is -2.18. The lowest BCUT2D eigenvalue weighted by Crippen LogP contribution is -1.96. The molecule has 8 heteroatoms. The number of aryl methyl sites for hydroxylation is 2. The van der Waals surface area contributed by atoms with Crippen LogP contribution in [0, 0.1) is 25.5 Å². The van der Waals surface area contributed by atoms with E-state index < -0.39 is 11.6 Å². The van der Waals surface area contributed by atoms with Crippen LogP contribution in [0.2, 0.25) is 10.0 Å². The molecule has 0 spiro atoms. The highest BCUT2D eigenvalue weighted by atomic mass is 35.5. The minimum atomic E-state index is -0.717. The van der Waals surface area contributed by atoms with E-state index in [1.807, 2.05) is 0 Å². The lowest BCUT2D eigenvalue weighted by Gasteiger charge is -2.08. The van der Waals surface area contributed by atoms with Crippen molar-refractivity contribution in [3.63, 3.8) is 0 Å². The van der Waals surface area contributed by atoms with E-state index in [4.69, 9.17) is 27.9 Å². The molecule has 0 aliphatic heterocycles. The number of carbonyl (C=O) groups excluding carboxylic acids is 2. The number of hydrogen-bond acceptors (Lipinski definition) is 4. The summed E-state index contributed by atoms with van der Waals surface area (Å²) in [6.07, 6.45) is 0.649. The highest BCUT2D eigenvalue weighted by Crippen LogP contribution is 2.32. The topological polar surface area (TPSA) is 63.6 Å². The van der Waals surface area contributed by atoms with Crippen molar-refractivity contribution in [1.29, 1.82) is 0 Å². The fourth-order valence-corrected chi connectivity index (χ4v) is 2.59. The summed E-state index contributed by atoms with van der Waals surface area (Å²) in [4.78, 5) is 20.7. The second kappa shape index (κ2) is 8.78. The molecule has 0 aromatic heterocycles. The van der Waals surface area contributed by atoms with Gasteiger partial charge in [0.1, 0.15) is 23.1 Å². The quantitative estimate of drug-likeness (QED) is 0.755. The number of methoxy groups -OCH3 is 1. The first-order chi connectivity index (χ1) is 11.7. The van der Waals surface area contributed by atoms with Gasteiger partial charge in [-0.25, -0.2) is 8.78 Å². The Bertz CT molecular complexity index is 823. The Morgan fingerprint density at radius 1 is 0.960 bits per heavy atom. The van der Waals surface area contributed by atoms with Crippen molar-refractivity contribution in [3.8, 4) is 11.5 Å². The number of halogens is 4. The van der Waals surface area contributed by atoms with Gasteiger partial charge in [0.25, 0.3) is 0 Å². The van der Waals surface area contributed by atoms with Gasteiger partial charge in [0.15, 0.2) is 12.6 Å². The summed E-state index contributed by atoms with van der Waals surface area (Å²) in [5.74, 6) is -1.26. The third-order valence-corrected chi connectivity index (χ3v) is 4.01. The molecule has 0 atom stereocenters. The number of aromatic hydroxyl groups is 1. The smallest absolute Gasteiger partial charge is 0.154 e. The maximum atomic E-state index is 13.1. The first-order valence-electron chi connectivity index (χ1n) is 6.80. The molecule has 4 nitrogen and oxygen atoms in total. The van der Waals surface area contributed by atoms with Crippen molar-refractivity contribution in [2.45, 2.75) is 13.8 Å². The molecule has 0 aliphatic carbocycles. The van der Waals surface area contributed by atoms with Crippen LogP contribution in [0.3, 0.4) is 0 Å². The van der Waals surface area contributed by atoms with E-state index in [0.29, 0.717) is 23.2 Å². The number of benzene rings is 2. The summed E-state index contributed by atoms with van der Waals surface area (Å²) in [5.41, 5.74) is 0.405. The van der Waals surface area contributed by atoms with Gasteiger partial charge in [0.05, 0.1) is 28.3 Å². The summed E-state index contributed by atoms with van der Waals surface area (Å²) in [6.45, 7) is 3.15. The van der Waals surface area contributed by atoms with Gasteiger partial charge in [-0.15, -0.1) is 0 Å². The molecule has 0 bridgehead atoms. The molecule has 1 N–H and O–H groups in total. The number of carbonyl (C=O) groups is 2. The van der Waals surface area contributed by atoms with Crippen molar-refractivity contribution in [2.75, 3.05) is 7.11 Å². The molecule has 0 fully saturated rings. The molecular formula is C17H14Cl2F2O4. The SMILES string of the molecule is COc1c(C)cc(F)c(C=O)c1Cl.Cc1cc(F)c(C=O)c(Cl)c1O. The third kappa shape index (κ3) is 4.46. The largest absolute Gasteiger partial charge is 0.506 e. The number of ether oxygens (including phenoxy) is 1. The van der Waals surface area contributed by atoms with Crippen LogP contribution >= 0.6 is 23.2 Å². The fourth-order valence-electron chi connectivity index (χ4n) is 1.94. The minimum absolute atomic E-state index is 0.0231. The average molecular weight is 391 g/mol. The fraction of sp³-hybridized carbons (Fsp3) is 0.176. The lowest BCUT2D eigenvalue weighted by molar-refractivity contribution is 0.111. The zero-order valence-electron chi connectivity index (χ0n) is 13.5. The molecular weight excluding hydrogens is 377 g/mol. The molecule has 2 aromatic rings.